The SMILES string of the molecule is Cc1nc(-n2ccc3nc4ccn(C5CCCCC5)c(=O)c4cc3c2=O)n[nH]1. The summed E-state index contributed by atoms with van der Waals surface area (Å²) in [6.07, 6.45) is 9.00. The van der Waals surface area contributed by atoms with Gasteiger partial charge < -0.3 is 4.57 Å². The number of hydrogen-bond acceptors (Lipinski definition) is 5. The zero-order valence-corrected chi connectivity index (χ0v) is 15.6. The summed E-state index contributed by atoms with van der Waals surface area (Å²) >= 11 is 0. The maximum Gasteiger partial charge on any atom is 0.267 e. The first-order valence-corrected chi connectivity index (χ1v) is 9.58. The number of aromatic amines is 1. The molecule has 0 spiro atoms. The second-order valence-corrected chi connectivity index (χ2v) is 7.39. The van der Waals surface area contributed by atoms with E-state index in [-0.39, 0.29) is 23.1 Å². The number of aryl methyl sites for hydroxylation is 1. The Bertz CT molecular complexity index is 1310. The van der Waals surface area contributed by atoms with Crippen molar-refractivity contribution >= 4 is 21.8 Å². The number of H-pyrrole nitrogens is 1. The molecule has 1 fully saturated rings. The Morgan fingerprint density at radius 1 is 0.964 bits per heavy atom. The Balaban J connectivity index is 1.72. The minimum Gasteiger partial charge on any atom is -0.312 e. The number of rotatable bonds is 2. The van der Waals surface area contributed by atoms with Crippen LogP contribution in [0.4, 0.5) is 0 Å². The van der Waals surface area contributed by atoms with E-state index in [4.69, 9.17) is 0 Å². The molecule has 28 heavy (non-hydrogen) atoms. The topological polar surface area (TPSA) is 98.5 Å². The van der Waals surface area contributed by atoms with Crippen molar-refractivity contribution in [3.05, 3.63) is 57.1 Å². The van der Waals surface area contributed by atoms with Gasteiger partial charge in [0.25, 0.3) is 17.1 Å². The first-order valence-electron chi connectivity index (χ1n) is 9.58. The number of hydrogen-bond donors (Lipinski definition) is 1. The lowest BCUT2D eigenvalue weighted by Gasteiger charge is -2.24. The van der Waals surface area contributed by atoms with Crippen molar-refractivity contribution in [3.63, 3.8) is 0 Å². The summed E-state index contributed by atoms with van der Waals surface area (Å²) < 4.78 is 3.18. The quantitative estimate of drug-likeness (QED) is 0.542. The Hall–Kier alpha value is -3.29. The molecule has 0 bridgehead atoms. The van der Waals surface area contributed by atoms with Crippen molar-refractivity contribution < 1.29 is 0 Å². The third kappa shape index (κ3) is 2.64. The molecule has 5 rings (SSSR count). The van der Waals surface area contributed by atoms with Crippen LogP contribution in [0, 0.1) is 6.92 Å². The van der Waals surface area contributed by atoms with Gasteiger partial charge in [0.1, 0.15) is 5.82 Å². The minimum atomic E-state index is -0.293. The fraction of sp³-hybridized carbons (Fsp3) is 0.350. The van der Waals surface area contributed by atoms with Crippen LogP contribution in [0.1, 0.15) is 44.0 Å². The molecule has 0 aromatic carbocycles. The van der Waals surface area contributed by atoms with Crippen LogP contribution in [0.15, 0.2) is 40.2 Å². The molecule has 4 aromatic heterocycles. The molecule has 8 heteroatoms. The first-order chi connectivity index (χ1) is 13.6. The highest BCUT2D eigenvalue weighted by Crippen LogP contribution is 2.27. The molecule has 0 saturated heterocycles. The molecule has 142 valence electrons. The van der Waals surface area contributed by atoms with Crippen LogP contribution < -0.4 is 11.1 Å². The summed E-state index contributed by atoms with van der Waals surface area (Å²) in [5.74, 6) is 0.895. The number of nitrogens with one attached hydrogen (secondary N) is 1. The predicted octanol–water partition coefficient (Wildman–Crippen LogP) is 2.63. The largest absolute Gasteiger partial charge is 0.312 e. The van der Waals surface area contributed by atoms with Gasteiger partial charge in [-0.15, -0.1) is 5.10 Å². The van der Waals surface area contributed by atoms with Crippen molar-refractivity contribution in [2.75, 3.05) is 0 Å². The summed E-state index contributed by atoms with van der Waals surface area (Å²) in [6, 6.07) is 5.51. The predicted molar refractivity (Wildman–Crippen MR) is 106 cm³/mol. The third-order valence-corrected chi connectivity index (χ3v) is 5.54. The van der Waals surface area contributed by atoms with Crippen LogP contribution in [0.3, 0.4) is 0 Å². The lowest BCUT2D eigenvalue weighted by atomic mass is 9.95. The van der Waals surface area contributed by atoms with Gasteiger partial charge in [0.2, 0.25) is 0 Å². The van der Waals surface area contributed by atoms with E-state index in [0.717, 1.165) is 25.7 Å². The Morgan fingerprint density at radius 2 is 1.68 bits per heavy atom. The van der Waals surface area contributed by atoms with Crippen LogP contribution in [-0.4, -0.2) is 29.3 Å². The van der Waals surface area contributed by atoms with E-state index in [0.29, 0.717) is 27.6 Å². The molecule has 0 atom stereocenters. The fourth-order valence-corrected chi connectivity index (χ4v) is 4.08. The molecule has 4 aromatic rings. The van der Waals surface area contributed by atoms with Gasteiger partial charge >= 0.3 is 0 Å². The minimum absolute atomic E-state index is 0.0812. The van der Waals surface area contributed by atoms with Crippen LogP contribution in [0.2, 0.25) is 0 Å². The molecule has 1 aliphatic rings. The van der Waals surface area contributed by atoms with Crippen LogP contribution in [0.25, 0.3) is 27.8 Å². The van der Waals surface area contributed by atoms with Gasteiger partial charge in [0, 0.05) is 18.4 Å². The second-order valence-electron chi connectivity index (χ2n) is 7.39. The van der Waals surface area contributed by atoms with Crippen molar-refractivity contribution in [1.82, 2.24) is 29.3 Å². The molecule has 0 radical (unpaired) electrons. The van der Waals surface area contributed by atoms with Crippen LogP contribution in [0.5, 0.6) is 0 Å². The van der Waals surface area contributed by atoms with E-state index in [1.165, 1.54) is 11.0 Å². The summed E-state index contributed by atoms with van der Waals surface area (Å²) in [5.41, 5.74) is 0.784. The molecule has 4 heterocycles. The molecule has 8 nitrogen and oxygen atoms in total. The van der Waals surface area contributed by atoms with E-state index in [2.05, 4.69) is 20.2 Å². The molecular formula is C20H20N6O2. The lowest BCUT2D eigenvalue weighted by Crippen LogP contribution is -2.26. The van der Waals surface area contributed by atoms with Gasteiger partial charge in [-0.2, -0.15) is 4.98 Å². The maximum absolute atomic E-state index is 13.1. The summed E-state index contributed by atoms with van der Waals surface area (Å²) in [4.78, 5) is 34.9. The normalized spacial score (nSPS) is 15.5. The second kappa shape index (κ2) is 6.40. The van der Waals surface area contributed by atoms with E-state index in [1.807, 2.05) is 16.8 Å². The molecule has 1 aliphatic carbocycles. The molecule has 0 amide bonds. The highest BCUT2D eigenvalue weighted by molar-refractivity contribution is 5.91. The van der Waals surface area contributed by atoms with Crippen molar-refractivity contribution in [2.45, 2.75) is 45.1 Å². The van der Waals surface area contributed by atoms with Gasteiger partial charge in [-0.05, 0) is 38.0 Å². The van der Waals surface area contributed by atoms with E-state index >= 15 is 0 Å². The first kappa shape index (κ1) is 16.9. The highest BCUT2D eigenvalue weighted by atomic mass is 16.1. The van der Waals surface area contributed by atoms with Crippen molar-refractivity contribution in [3.8, 4) is 5.95 Å². The summed E-state index contributed by atoms with van der Waals surface area (Å²) in [7, 11) is 0. The van der Waals surface area contributed by atoms with E-state index in [9.17, 15) is 9.59 Å². The van der Waals surface area contributed by atoms with Gasteiger partial charge in [-0.25, -0.2) is 9.55 Å². The van der Waals surface area contributed by atoms with Gasteiger partial charge in [0.05, 0.1) is 21.8 Å². The molecule has 0 unspecified atom stereocenters. The van der Waals surface area contributed by atoms with Crippen LogP contribution in [-0.2, 0) is 0 Å². The average Bonchev–Trinajstić information content (AvgIpc) is 3.14. The number of pyridine rings is 3. The number of nitrogens with zero attached hydrogens (tertiary/aromatic N) is 5. The molecule has 1 N–H and O–H groups in total. The van der Waals surface area contributed by atoms with Gasteiger partial charge in [-0.1, -0.05) is 19.3 Å². The van der Waals surface area contributed by atoms with Crippen LogP contribution >= 0.6 is 0 Å². The lowest BCUT2D eigenvalue weighted by molar-refractivity contribution is 0.347. The molecule has 0 aliphatic heterocycles. The zero-order chi connectivity index (χ0) is 19.3. The fourth-order valence-electron chi connectivity index (χ4n) is 4.08. The zero-order valence-electron chi connectivity index (χ0n) is 15.6. The van der Waals surface area contributed by atoms with Crippen molar-refractivity contribution in [1.29, 1.82) is 0 Å². The Morgan fingerprint density at radius 3 is 2.39 bits per heavy atom. The van der Waals surface area contributed by atoms with Crippen molar-refractivity contribution in [2.24, 2.45) is 0 Å². The Kier molecular flexibility index (Phi) is 3.85. The Labute approximate surface area is 159 Å². The maximum atomic E-state index is 13.1. The van der Waals surface area contributed by atoms with Gasteiger partial charge in [0.15, 0.2) is 0 Å². The highest BCUT2D eigenvalue weighted by Gasteiger charge is 2.18. The van der Waals surface area contributed by atoms with E-state index in [1.54, 1.807) is 25.3 Å². The summed E-state index contributed by atoms with van der Waals surface area (Å²) in [5, 5.41) is 7.64. The number of aromatic nitrogens is 6. The average molecular weight is 376 g/mol. The molecule has 1 saturated carbocycles. The standard InChI is InChI=1S/C20H20N6O2/c1-12-21-20(24-23-12)26-10-8-17-15(19(26)28)11-14-16(22-17)7-9-25(18(14)27)13-5-3-2-4-6-13/h7-11,13H,2-6H2,1H3,(H,21,23,24). The van der Waals surface area contributed by atoms with E-state index < -0.39 is 0 Å². The smallest absolute Gasteiger partial charge is 0.267 e. The summed E-state index contributed by atoms with van der Waals surface area (Å²) in [6.45, 7) is 1.77. The number of fused-ring (bicyclic) bond motifs is 2. The monoisotopic (exact) mass is 376 g/mol. The third-order valence-electron chi connectivity index (χ3n) is 5.54. The van der Waals surface area contributed by atoms with Gasteiger partial charge in [-0.3, -0.25) is 14.7 Å². The molecular weight excluding hydrogens is 356 g/mol.